The molecule has 0 fully saturated rings. The Kier molecular flexibility index (Phi) is 5.32. The number of amides is 1. The molecule has 0 aliphatic rings. The summed E-state index contributed by atoms with van der Waals surface area (Å²) in [6.45, 7) is 5.48. The third-order valence-corrected chi connectivity index (χ3v) is 4.32. The van der Waals surface area contributed by atoms with Crippen molar-refractivity contribution < 1.29 is 4.79 Å². The van der Waals surface area contributed by atoms with Gasteiger partial charge in [0, 0.05) is 5.69 Å². The van der Waals surface area contributed by atoms with E-state index >= 15 is 0 Å². The first kappa shape index (κ1) is 16.2. The van der Waals surface area contributed by atoms with Gasteiger partial charge in [-0.05, 0) is 32.4 Å². The van der Waals surface area contributed by atoms with E-state index in [-0.39, 0.29) is 16.7 Å². The van der Waals surface area contributed by atoms with Gasteiger partial charge in [0.2, 0.25) is 5.91 Å². The van der Waals surface area contributed by atoms with Crippen LogP contribution >= 0.6 is 11.8 Å². The number of carbonyl (C=O) groups excluding carboxylic acids is 1. The SMILES string of the molecule is CCC(Sc1nnc(C)c(=O)[nH]1)C(=O)Nc1ccc(C)cc1. The Bertz CT molecular complexity index is 712. The number of aryl methyl sites for hydroxylation is 2. The van der Waals surface area contributed by atoms with Crippen LogP contribution in [0.2, 0.25) is 0 Å². The van der Waals surface area contributed by atoms with Crippen LogP contribution in [0.4, 0.5) is 5.69 Å². The number of nitrogens with zero attached hydrogens (tertiary/aromatic N) is 2. The molecule has 1 aromatic heterocycles. The molecule has 0 spiro atoms. The molecule has 0 aliphatic carbocycles. The molecule has 6 nitrogen and oxygen atoms in total. The number of H-pyrrole nitrogens is 1. The molecule has 1 heterocycles. The fraction of sp³-hybridized carbons (Fsp3) is 0.333. The number of nitrogens with one attached hydrogen (secondary N) is 2. The smallest absolute Gasteiger partial charge is 0.273 e. The first-order valence-electron chi connectivity index (χ1n) is 6.97. The molecule has 7 heteroatoms. The zero-order valence-electron chi connectivity index (χ0n) is 12.7. The van der Waals surface area contributed by atoms with Gasteiger partial charge in [-0.1, -0.05) is 36.4 Å². The molecule has 0 saturated carbocycles. The minimum absolute atomic E-state index is 0.125. The van der Waals surface area contributed by atoms with E-state index in [0.29, 0.717) is 17.3 Å². The second-order valence-electron chi connectivity index (χ2n) is 4.91. The van der Waals surface area contributed by atoms with Gasteiger partial charge in [-0.15, -0.1) is 10.2 Å². The molecule has 116 valence electrons. The highest BCUT2D eigenvalue weighted by molar-refractivity contribution is 8.00. The molecular weight excluding hydrogens is 300 g/mol. The molecule has 1 amide bonds. The van der Waals surface area contributed by atoms with Crippen molar-refractivity contribution >= 4 is 23.4 Å². The third-order valence-electron chi connectivity index (χ3n) is 3.08. The van der Waals surface area contributed by atoms with E-state index in [1.54, 1.807) is 6.92 Å². The Labute approximate surface area is 132 Å². The van der Waals surface area contributed by atoms with Gasteiger partial charge in [-0.3, -0.25) is 14.6 Å². The summed E-state index contributed by atoms with van der Waals surface area (Å²) < 4.78 is 0. The van der Waals surface area contributed by atoms with Crippen LogP contribution in [-0.4, -0.2) is 26.3 Å². The van der Waals surface area contributed by atoms with Crippen LogP contribution in [0.5, 0.6) is 0 Å². The van der Waals surface area contributed by atoms with Crippen LogP contribution in [0, 0.1) is 13.8 Å². The Hall–Kier alpha value is -2.15. The number of hydrogen-bond donors (Lipinski definition) is 2. The van der Waals surface area contributed by atoms with E-state index in [1.807, 2.05) is 38.1 Å². The number of carbonyl (C=O) groups is 1. The van der Waals surface area contributed by atoms with Crippen LogP contribution in [-0.2, 0) is 4.79 Å². The summed E-state index contributed by atoms with van der Waals surface area (Å²) in [6, 6.07) is 7.59. The second kappa shape index (κ2) is 7.22. The minimum atomic E-state index is -0.353. The Balaban J connectivity index is 2.06. The first-order chi connectivity index (χ1) is 10.5. The average Bonchev–Trinajstić information content (AvgIpc) is 2.50. The molecule has 2 rings (SSSR count). The molecule has 1 unspecified atom stereocenters. The van der Waals surface area contributed by atoms with Crippen molar-refractivity contribution in [2.75, 3.05) is 5.32 Å². The van der Waals surface area contributed by atoms with Crippen molar-refractivity contribution in [1.82, 2.24) is 15.2 Å². The maximum Gasteiger partial charge on any atom is 0.273 e. The number of aromatic nitrogens is 3. The maximum absolute atomic E-state index is 12.3. The van der Waals surface area contributed by atoms with E-state index in [0.717, 1.165) is 11.3 Å². The molecule has 0 radical (unpaired) electrons. The topological polar surface area (TPSA) is 87.7 Å². The first-order valence-corrected chi connectivity index (χ1v) is 7.85. The largest absolute Gasteiger partial charge is 0.325 e. The number of hydrogen-bond acceptors (Lipinski definition) is 5. The minimum Gasteiger partial charge on any atom is -0.325 e. The number of rotatable bonds is 5. The molecule has 1 atom stereocenters. The van der Waals surface area contributed by atoms with Gasteiger partial charge < -0.3 is 5.32 Å². The maximum atomic E-state index is 12.3. The predicted molar refractivity (Wildman–Crippen MR) is 87.1 cm³/mol. The lowest BCUT2D eigenvalue weighted by Gasteiger charge is -2.13. The summed E-state index contributed by atoms with van der Waals surface area (Å²) in [5.41, 5.74) is 1.90. The van der Waals surface area contributed by atoms with Gasteiger partial charge in [0.25, 0.3) is 5.56 Å². The van der Waals surface area contributed by atoms with Crippen LogP contribution in [0.25, 0.3) is 0 Å². The van der Waals surface area contributed by atoms with Crippen molar-refractivity contribution in [3.63, 3.8) is 0 Å². The van der Waals surface area contributed by atoms with Crippen LogP contribution < -0.4 is 10.9 Å². The third kappa shape index (κ3) is 4.17. The van der Waals surface area contributed by atoms with Crippen molar-refractivity contribution in [3.8, 4) is 0 Å². The molecule has 22 heavy (non-hydrogen) atoms. The van der Waals surface area contributed by atoms with E-state index in [1.165, 1.54) is 11.8 Å². The quantitative estimate of drug-likeness (QED) is 0.826. The normalized spacial score (nSPS) is 12.0. The molecule has 0 saturated heterocycles. The Morgan fingerprint density at radius 3 is 2.55 bits per heavy atom. The molecule has 1 aromatic carbocycles. The summed E-state index contributed by atoms with van der Waals surface area (Å²) in [5, 5.41) is 10.5. The fourth-order valence-electron chi connectivity index (χ4n) is 1.75. The lowest BCUT2D eigenvalue weighted by atomic mass is 10.2. The van der Waals surface area contributed by atoms with Gasteiger partial charge >= 0.3 is 0 Å². The van der Waals surface area contributed by atoms with Gasteiger partial charge in [-0.25, -0.2) is 0 Å². The number of anilines is 1. The van der Waals surface area contributed by atoms with Crippen LogP contribution in [0.3, 0.4) is 0 Å². The monoisotopic (exact) mass is 318 g/mol. The Morgan fingerprint density at radius 1 is 1.27 bits per heavy atom. The van der Waals surface area contributed by atoms with Crippen molar-refractivity contribution in [1.29, 1.82) is 0 Å². The zero-order valence-corrected chi connectivity index (χ0v) is 13.5. The molecular formula is C15H18N4O2S. The second-order valence-corrected chi connectivity index (χ2v) is 6.11. The fourth-order valence-corrected chi connectivity index (χ4v) is 2.59. The zero-order chi connectivity index (χ0) is 16.1. The van der Waals surface area contributed by atoms with Crippen molar-refractivity contribution in [3.05, 3.63) is 45.9 Å². The summed E-state index contributed by atoms with van der Waals surface area (Å²) >= 11 is 1.20. The van der Waals surface area contributed by atoms with E-state index < -0.39 is 0 Å². The van der Waals surface area contributed by atoms with Crippen LogP contribution in [0.15, 0.2) is 34.2 Å². The van der Waals surface area contributed by atoms with E-state index in [2.05, 4.69) is 20.5 Å². The highest BCUT2D eigenvalue weighted by Gasteiger charge is 2.19. The molecule has 2 aromatic rings. The van der Waals surface area contributed by atoms with Gasteiger partial charge in [0.1, 0.15) is 5.69 Å². The van der Waals surface area contributed by atoms with Crippen molar-refractivity contribution in [2.45, 2.75) is 37.6 Å². The summed E-state index contributed by atoms with van der Waals surface area (Å²) in [4.78, 5) is 26.5. The highest BCUT2D eigenvalue weighted by atomic mass is 32.2. The van der Waals surface area contributed by atoms with Gasteiger partial charge in [0.15, 0.2) is 5.16 Å². The number of thioether (sulfide) groups is 1. The predicted octanol–water partition coefficient (Wildman–Crippen LogP) is 2.29. The molecule has 0 aliphatic heterocycles. The number of aromatic amines is 1. The van der Waals surface area contributed by atoms with E-state index in [9.17, 15) is 9.59 Å². The molecule has 0 bridgehead atoms. The lowest BCUT2D eigenvalue weighted by Crippen LogP contribution is -2.25. The van der Waals surface area contributed by atoms with Crippen molar-refractivity contribution in [2.24, 2.45) is 0 Å². The van der Waals surface area contributed by atoms with Gasteiger partial charge in [0.05, 0.1) is 5.25 Å². The standard InChI is InChI=1S/C15H18N4O2S/c1-4-12(22-15-17-13(20)10(3)18-19-15)14(21)16-11-7-5-9(2)6-8-11/h5-8,12H,4H2,1-3H3,(H,16,21)(H,17,19,20). The van der Waals surface area contributed by atoms with E-state index in [4.69, 9.17) is 0 Å². The highest BCUT2D eigenvalue weighted by Crippen LogP contribution is 2.22. The summed E-state index contributed by atoms with van der Waals surface area (Å²) in [6.07, 6.45) is 0.611. The lowest BCUT2D eigenvalue weighted by molar-refractivity contribution is -0.115. The number of benzene rings is 1. The van der Waals surface area contributed by atoms with Gasteiger partial charge in [-0.2, -0.15) is 0 Å². The summed E-state index contributed by atoms with van der Waals surface area (Å²) in [7, 11) is 0. The molecule has 2 N–H and O–H groups in total. The average molecular weight is 318 g/mol. The Morgan fingerprint density at radius 2 is 1.95 bits per heavy atom. The van der Waals surface area contributed by atoms with Crippen LogP contribution in [0.1, 0.15) is 24.6 Å². The summed E-state index contributed by atoms with van der Waals surface area (Å²) in [5.74, 6) is -0.125.